The topological polar surface area (TPSA) is 58.6 Å². The molecule has 0 aromatic carbocycles. The maximum atomic E-state index is 12.1. The van der Waals surface area contributed by atoms with E-state index in [1.807, 2.05) is 6.92 Å². The number of carboxylic acids is 1. The van der Waals surface area contributed by atoms with Crippen molar-refractivity contribution in [1.29, 1.82) is 0 Å². The molecule has 0 aliphatic heterocycles. The monoisotopic (exact) mass is 357 g/mol. The lowest BCUT2D eigenvalue weighted by Crippen LogP contribution is -2.67. The first kappa shape index (κ1) is 23.3. The molecular weight excluding hydrogens is 318 g/mol. The van der Waals surface area contributed by atoms with Gasteiger partial charge in [-0.15, -0.1) is 0 Å². The van der Waals surface area contributed by atoms with Crippen LogP contribution in [0.1, 0.15) is 71.6 Å². The minimum absolute atomic E-state index is 0.344. The second-order valence-electron chi connectivity index (χ2n) is 8.03. The number of unbranched alkanes of at least 4 members (excludes halogenated alkanes) is 7. The van der Waals surface area contributed by atoms with Gasteiger partial charge in [0.25, 0.3) is 0 Å². The summed E-state index contributed by atoms with van der Waals surface area (Å²) < 4.78 is 0. The van der Waals surface area contributed by atoms with Crippen molar-refractivity contribution in [1.82, 2.24) is 5.48 Å². The van der Waals surface area contributed by atoms with Gasteiger partial charge in [0.15, 0.2) is 0 Å². The van der Waals surface area contributed by atoms with Crippen molar-refractivity contribution in [2.75, 3.05) is 6.61 Å². The Hall–Kier alpha value is -0.653. The van der Waals surface area contributed by atoms with Crippen molar-refractivity contribution in [2.24, 2.45) is 0 Å². The average molecular weight is 358 g/mol. The third-order valence-electron chi connectivity index (χ3n) is 4.62. The van der Waals surface area contributed by atoms with E-state index in [0.29, 0.717) is 13.0 Å². The minimum atomic E-state index is -2.02. The zero-order chi connectivity index (χ0) is 18.6. The maximum absolute atomic E-state index is 12.1. The Bertz CT molecular complexity index is 379. The highest BCUT2D eigenvalue weighted by Crippen LogP contribution is 2.28. The van der Waals surface area contributed by atoms with E-state index in [-0.39, 0.29) is 0 Å². The fourth-order valence-electron chi connectivity index (χ4n) is 2.86. The standard InChI is InChI=1S/C19H39NO3Si/c1-7-8-9-10-11-12-13-14-15-19(18(21)22,24(4,5)6)20-23-16-17(2)3/h20H,2,7-16H2,1,3-6H3,(H,21,22). The minimum Gasteiger partial charge on any atom is -0.480 e. The summed E-state index contributed by atoms with van der Waals surface area (Å²) in [5.41, 5.74) is 3.80. The highest BCUT2D eigenvalue weighted by molar-refractivity contribution is 6.82. The van der Waals surface area contributed by atoms with Crippen LogP contribution in [0.15, 0.2) is 12.2 Å². The lowest BCUT2D eigenvalue weighted by Gasteiger charge is -2.40. The van der Waals surface area contributed by atoms with E-state index in [0.717, 1.165) is 18.4 Å². The molecule has 1 atom stereocenters. The van der Waals surface area contributed by atoms with E-state index >= 15 is 0 Å². The summed E-state index contributed by atoms with van der Waals surface area (Å²) in [4.78, 5) is 17.5. The normalized spacial score (nSPS) is 14.4. The second-order valence-corrected chi connectivity index (χ2v) is 13.4. The number of hydrogen-bond donors (Lipinski definition) is 2. The lowest BCUT2D eigenvalue weighted by molar-refractivity contribution is -0.147. The zero-order valence-corrected chi connectivity index (χ0v) is 17.5. The number of nitrogens with one attached hydrogen (secondary N) is 1. The largest absolute Gasteiger partial charge is 0.480 e. The zero-order valence-electron chi connectivity index (χ0n) is 16.5. The van der Waals surface area contributed by atoms with Crippen LogP contribution in [0.4, 0.5) is 0 Å². The molecule has 0 spiro atoms. The van der Waals surface area contributed by atoms with Gasteiger partial charge in [-0.2, -0.15) is 5.48 Å². The van der Waals surface area contributed by atoms with Gasteiger partial charge in [0.1, 0.15) is 5.16 Å². The smallest absolute Gasteiger partial charge is 0.322 e. The molecule has 0 bridgehead atoms. The Morgan fingerprint density at radius 3 is 2.00 bits per heavy atom. The molecule has 0 aromatic heterocycles. The van der Waals surface area contributed by atoms with Gasteiger partial charge in [-0.05, 0) is 13.3 Å². The van der Waals surface area contributed by atoms with Crippen LogP contribution >= 0.6 is 0 Å². The van der Waals surface area contributed by atoms with Crippen molar-refractivity contribution in [3.05, 3.63) is 12.2 Å². The fourth-order valence-corrected chi connectivity index (χ4v) is 4.80. The number of aliphatic carboxylic acids is 1. The Balaban J connectivity index is 4.49. The van der Waals surface area contributed by atoms with Crippen LogP contribution in [-0.2, 0) is 9.63 Å². The van der Waals surface area contributed by atoms with Crippen LogP contribution < -0.4 is 5.48 Å². The summed E-state index contributed by atoms with van der Waals surface area (Å²) in [7, 11) is -2.02. The summed E-state index contributed by atoms with van der Waals surface area (Å²) in [6.45, 7) is 14.5. The quantitative estimate of drug-likeness (QED) is 0.180. The van der Waals surface area contributed by atoms with E-state index in [9.17, 15) is 9.90 Å². The molecule has 5 heteroatoms. The first-order valence-electron chi connectivity index (χ1n) is 9.44. The molecule has 24 heavy (non-hydrogen) atoms. The summed E-state index contributed by atoms with van der Waals surface area (Å²) in [5.74, 6) is -0.786. The molecule has 1 unspecified atom stereocenters. The average Bonchev–Trinajstić information content (AvgIpc) is 2.46. The molecule has 4 nitrogen and oxygen atoms in total. The van der Waals surface area contributed by atoms with Crippen molar-refractivity contribution in [3.8, 4) is 0 Å². The van der Waals surface area contributed by atoms with Crippen LogP contribution in [0.5, 0.6) is 0 Å². The first-order chi connectivity index (χ1) is 11.2. The first-order valence-corrected chi connectivity index (χ1v) is 12.9. The van der Waals surface area contributed by atoms with Crippen LogP contribution in [0, 0.1) is 0 Å². The fraction of sp³-hybridized carbons (Fsp3) is 0.842. The summed E-state index contributed by atoms with van der Waals surface area (Å²) >= 11 is 0. The molecule has 0 radical (unpaired) electrons. The van der Waals surface area contributed by atoms with Gasteiger partial charge in [0.2, 0.25) is 0 Å². The Labute approximate surface area is 150 Å². The van der Waals surface area contributed by atoms with Crippen LogP contribution in [-0.4, -0.2) is 30.9 Å². The number of hydroxylamine groups is 1. The molecule has 0 fully saturated rings. The van der Waals surface area contributed by atoms with Crippen molar-refractivity contribution in [3.63, 3.8) is 0 Å². The van der Waals surface area contributed by atoms with Gasteiger partial charge in [-0.3, -0.25) is 9.63 Å². The molecule has 0 aliphatic rings. The van der Waals surface area contributed by atoms with Gasteiger partial charge >= 0.3 is 5.97 Å². The van der Waals surface area contributed by atoms with Gasteiger partial charge in [0, 0.05) is 0 Å². The predicted molar refractivity (Wildman–Crippen MR) is 105 cm³/mol. The van der Waals surface area contributed by atoms with Crippen molar-refractivity contribution in [2.45, 2.75) is 96.4 Å². The molecule has 2 N–H and O–H groups in total. The number of carboxylic acid groups (broad SMARTS) is 1. The molecule has 0 amide bonds. The van der Waals surface area contributed by atoms with Crippen LogP contribution in [0.3, 0.4) is 0 Å². The van der Waals surface area contributed by atoms with E-state index in [1.165, 1.54) is 38.5 Å². The number of rotatable bonds is 15. The SMILES string of the molecule is C=C(C)CONC(CCCCCCCCCC)(C(=O)O)[Si](C)(C)C. The van der Waals surface area contributed by atoms with E-state index in [4.69, 9.17) is 4.84 Å². The van der Waals surface area contributed by atoms with Gasteiger partial charge in [-0.25, -0.2) is 0 Å². The van der Waals surface area contributed by atoms with Crippen LogP contribution in [0.25, 0.3) is 0 Å². The Kier molecular flexibility index (Phi) is 11.5. The van der Waals surface area contributed by atoms with Gasteiger partial charge < -0.3 is 5.11 Å². The molecule has 0 saturated heterocycles. The summed E-state index contributed by atoms with van der Waals surface area (Å²) in [6.07, 6.45) is 10.3. The molecule has 142 valence electrons. The molecule has 0 aromatic rings. The number of hydrogen-bond acceptors (Lipinski definition) is 3. The van der Waals surface area contributed by atoms with Crippen LogP contribution in [0.2, 0.25) is 19.6 Å². The molecular formula is C19H39NO3Si. The lowest BCUT2D eigenvalue weighted by atomic mass is 10.0. The molecule has 0 aliphatic carbocycles. The molecule has 0 rings (SSSR count). The summed E-state index contributed by atoms with van der Waals surface area (Å²) in [5, 5.41) is 8.95. The third kappa shape index (κ3) is 8.45. The van der Waals surface area contributed by atoms with Crippen molar-refractivity contribution >= 4 is 14.0 Å². The summed E-state index contributed by atoms with van der Waals surface area (Å²) in [6, 6.07) is 0. The van der Waals surface area contributed by atoms with E-state index < -0.39 is 19.2 Å². The van der Waals surface area contributed by atoms with Gasteiger partial charge in [-0.1, -0.05) is 90.1 Å². The van der Waals surface area contributed by atoms with E-state index in [2.05, 4.69) is 38.6 Å². The van der Waals surface area contributed by atoms with Crippen molar-refractivity contribution < 1.29 is 14.7 Å². The maximum Gasteiger partial charge on any atom is 0.322 e. The predicted octanol–water partition coefficient (Wildman–Crippen LogP) is 5.32. The number of carbonyl (C=O) groups is 1. The highest BCUT2D eigenvalue weighted by atomic mass is 28.3. The highest BCUT2D eigenvalue weighted by Gasteiger charge is 2.50. The Morgan fingerprint density at radius 2 is 1.58 bits per heavy atom. The molecule has 0 saturated carbocycles. The van der Waals surface area contributed by atoms with E-state index in [1.54, 1.807) is 0 Å². The Morgan fingerprint density at radius 1 is 1.08 bits per heavy atom. The second kappa shape index (κ2) is 11.8. The molecule has 0 heterocycles. The van der Waals surface area contributed by atoms with Gasteiger partial charge in [0.05, 0.1) is 14.7 Å². The third-order valence-corrected chi connectivity index (χ3v) is 7.74.